The molecule has 0 aromatic heterocycles. The number of aliphatic hydroxyl groups is 14. The fourth-order valence-electron chi connectivity index (χ4n) is 5.92. The van der Waals surface area contributed by atoms with Gasteiger partial charge in [-0.3, -0.25) is 0 Å². The third-order valence-corrected chi connectivity index (χ3v) is 10.2. The maximum absolute atomic E-state index is 11.6. The highest BCUT2D eigenvalue weighted by Crippen LogP contribution is 2.39. The third kappa shape index (κ3) is 9.72. The van der Waals surface area contributed by atoms with Gasteiger partial charge in [-0.05, 0) is 12.1 Å². The smallest absolute Gasteiger partial charge is 0.187 e. The summed E-state index contributed by atoms with van der Waals surface area (Å²) in [5.74, 6) is 0. The van der Waals surface area contributed by atoms with Crippen LogP contribution >= 0.6 is 11.8 Å². The fraction of sp³-hybridized carbons (Fsp3) is 0.800. The van der Waals surface area contributed by atoms with Crippen LogP contribution in [0.4, 0.5) is 0 Å². The Balaban J connectivity index is 1.57. The summed E-state index contributed by atoms with van der Waals surface area (Å²) >= 11 is 1.03. The number of thioether (sulfide) groups is 1. The minimum absolute atomic E-state index is 0.582. The highest BCUT2D eigenvalue weighted by molar-refractivity contribution is 8.00. The van der Waals surface area contributed by atoms with Gasteiger partial charge in [0, 0.05) is 4.90 Å². The van der Waals surface area contributed by atoms with E-state index in [1.54, 1.807) is 30.3 Å². The standard InChI is InChI=1S/C30H48O20S/c31-6-12(36)17(38)24(13(37)7-32)48-29-22(43)20(41)25(15(9-34)46-29)49-30-23(44)27(51-11-4-2-1-3-5-11)26(16(10-35)47-30)50-28-21(42)19(40)18(39)14(8-33)45-28/h1-5,12-44H,6-10H2/t12-,13+,14+,15+,16+,17+,18+,19-,20+,21+,22+,23-,24+,25+,26+,27-,28+,29+,30+/m0/s1. The minimum Gasteiger partial charge on any atom is -0.394 e. The molecule has 0 aliphatic carbocycles. The van der Waals surface area contributed by atoms with Gasteiger partial charge in [-0.2, -0.15) is 0 Å². The van der Waals surface area contributed by atoms with Crippen molar-refractivity contribution in [1.82, 2.24) is 0 Å². The molecule has 14 N–H and O–H groups in total. The molecule has 51 heavy (non-hydrogen) atoms. The van der Waals surface area contributed by atoms with Crippen LogP contribution in [0.1, 0.15) is 0 Å². The molecule has 0 amide bonds. The molecule has 19 atom stereocenters. The van der Waals surface area contributed by atoms with Gasteiger partial charge in [0.15, 0.2) is 18.9 Å². The Morgan fingerprint density at radius 2 is 1.08 bits per heavy atom. The third-order valence-electron chi connectivity index (χ3n) is 8.84. The maximum Gasteiger partial charge on any atom is 0.187 e. The van der Waals surface area contributed by atoms with E-state index >= 15 is 0 Å². The van der Waals surface area contributed by atoms with E-state index in [2.05, 4.69) is 0 Å². The van der Waals surface area contributed by atoms with Crippen LogP contribution in [0, 0.1) is 0 Å². The van der Waals surface area contributed by atoms with Gasteiger partial charge in [0.1, 0.15) is 91.6 Å². The van der Waals surface area contributed by atoms with Gasteiger partial charge in [-0.15, -0.1) is 11.8 Å². The molecule has 3 aliphatic heterocycles. The van der Waals surface area contributed by atoms with E-state index in [9.17, 15) is 71.5 Å². The molecule has 3 aliphatic rings. The average molecular weight is 761 g/mol. The molecular weight excluding hydrogens is 712 g/mol. The van der Waals surface area contributed by atoms with Crippen LogP contribution in [0.25, 0.3) is 0 Å². The summed E-state index contributed by atoms with van der Waals surface area (Å²) in [4.78, 5) is 0.582. The van der Waals surface area contributed by atoms with E-state index in [0.29, 0.717) is 4.90 Å². The zero-order valence-electron chi connectivity index (χ0n) is 27.0. The molecule has 4 rings (SSSR count). The van der Waals surface area contributed by atoms with Crippen LogP contribution in [0.5, 0.6) is 0 Å². The molecule has 3 fully saturated rings. The van der Waals surface area contributed by atoms with Gasteiger partial charge in [-0.25, -0.2) is 0 Å². The lowest BCUT2D eigenvalue weighted by Gasteiger charge is -2.49. The van der Waals surface area contributed by atoms with Crippen LogP contribution in [0.15, 0.2) is 35.2 Å². The fourth-order valence-corrected chi connectivity index (χ4v) is 7.19. The molecule has 1 aromatic rings. The van der Waals surface area contributed by atoms with Crippen molar-refractivity contribution in [3.8, 4) is 0 Å². The first-order valence-electron chi connectivity index (χ1n) is 16.1. The molecule has 3 heterocycles. The molecular formula is C30H48O20S. The first-order chi connectivity index (χ1) is 24.3. The molecule has 0 unspecified atom stereocenters. The molecule has 3 saturated heterocycles. The van der Waals surface area contributed by atoms with Gasteiger partial charge < -0.3 is 99.9 Å². The van der Waals surface area contributed by atoms with Crippen LogP contribution in [-0.4, -0.2) is 220 Å². The van der Waals surface area contributed by atoms with Gasteiger partial charge in [-0.1, -0.05) is 18.2 Å². The second kappa shape index (κ2) is 19.4. The number of hydrogen-bond donors (Lipinski definition) is 14. The summed E-state index contributed by atoms with van der Waals surface area (Å²) in [7, 11) is 0. The molecule has 294 valence electrons. The lowest BCUT2D eigenvalue weighted by molar-refractivity contribution is -0.369. The molecule has 0 bridgehead atoms. The van der Waals surface area contributed by atoms with Gasteiger partial charge >= 0.3 is 0 Å². The number of aliphatic hydroxyl groups excluding tert-OH is 14. The van der Waals surface area contributed by atoms with Gasteiger partial charge in [0.25, 0.3) is 0 Å². The molecule has 20 nitrogen and oxygen atoms in total. The van der Waals surface area contributed by atoms with Crippen molar-refractivity contribution >= 4 is 11.8 Å². The summed E-state index contributed by atoms with van der Waals surface area (Å²) in [5, 5.41) is 143. The van der Waals surface area contributed by atoms with Crippen molar-refractivity contribution in [2.45, 2.75) is 121 Å². The van der Waals surface area contributed by atoms with Crippen molar-refractivity contribution < 1.29 is 99.9 Å². The largest absolute Gasteiger partial charge is 0.394 e. The normalized spacial score (nSPS) is 41.5. The van der Waals surface area contributed by atoms with Crippen molar-refractivity contribution in [3.05, 3.63) is 30.3 Å². The second-order valence-electron chi connectivity index (χ2n) is 12.3. The number of ether oxygens (including phenoxy) is 6. The Kier molecular flexibility index (Phi) is 16.2. The van der Waals surface area contributed by atoms with E-state index in [1.807, 2.05) is 0 Å². The summed E-state index contributed by atoms with van der Waals surface area (Å²) in [6.45, 7) is -4.41. The predicted octanol–water partition coefficient (Wildman–Crippen LogP) is -7.31. The highest BCUT2D eigenvalue weighted by Gasteiger charge is 2.54. The quantitative estimate of drug-likeness (QED) is 0.0744. The first kappa shape index (κ1) is 42.5. The van der Waals surface area contributed by atoms with E-state index in [-0.39, 0.29) is 0 Å². The monoisotopic (exact) mass is 760 g/mol. The second-order valence-corrected chi connectivity index (χ2v) is 13.6. The number of hydrogen-bond acceptors (Lipinski definition) is 21. The van der Waals surface area contributed by atoms with Crippen LogP contribution < -0.4 is 0 Å². The van der Waals surface area contributed by atoms with Crippen molar-refractivity contribution in [1.29, 1.82) is 0 Å². The lowest BCUT2D eigenvalue weighted by atomic mass is 9.97. The minimum atomic E-state index is -2.05. The van der Waals surface area contributed by atoms with Crippen molar-refractivity contribution in [2.24, 2.45) is 0 Å². The van der Waals surface area contributed by atoms with Gasteiger partial charge in [0.05, 0.1) is 38.3 Å². The number of rotatable bonds is 16. The molecule has 0 radical (unpaired) electrons. The average Bonchev–Trinajstić information content (AvgIpc) is 3.14. The van der Waals surface area contributed by atoms with E-state index in [0.717, 1.165) is 11.8 Å². The molecule has 0 saturated carbocycles. The van der Waals surface area contributed by atoms with Crippen LogP contribution in [0.3, 0.4) is 0 Å². The van der Waals surface area contributed by atoms with Crippen LogP contribution in [0.2, 0.25) is 0 Å². The highest BCUT2D eigenvalue weighted by atomic mass is 32.2. The maximum atomic E-state index is 11.6. The lowest BCUT2D eigenvalue weighted by Crippen LogP contribution is -2.66. The molecule has 0 spiro atoms. The zero-order valence-corrected chi connectivity index (χ0v) is 27.8. The van der Waals surface area contributed by atoms with Crippen molar-refractivity contribution in [3.63, 3.8) is 0 Å². The summed E-state index contributed by atoms with van der Waals surface area (Å²) in [6, 6.07) is 8.52. The van der Waals surface area contributed by atoms with Crippen molar-refractivity contribution in [2.75, 3.05) is 33.0 Å². The number of benzene rings is 1. The van der Waals surface area contributed by atoms with E-state index in [1.165, 1.54) is 0 Å². The van der Waals surface area contributed by atoms with Crippen LogP contribution in [-0.2, 0) is 28.4 Å². The zero-order chi connectivity index (χ0) is 37.6. The Labute approximate surface area is 295 Å². The summed E-state index contributed by atoms with van der Waals surface area (Å²) in [5.41, 5.74) is 0. The summed E-state index contributed by atoms with van der Waals surface area (Å²) in [6.07, 6.45) is -31.3. The molecule has 1 aromatic carbocycles. The Hall–Kier alpha value is -1.23. The topological polar surface area (TPSA) is 339 Å². The van der Waals surface area contributed by atoms with Gasteiger partial charge in [0.2, 0.25) is 0 Å². The molecule has 21 heteroatoms. The first-order valence-corrected chi connectivity index (χ1v) is 17.0. The summed E-state index contributed by atoms with van der Waals surface area (Å²) < 4.78 is 34.1. The van der Waals surface area contributed by atoms with E-state index in [4.69, 9.17) is 28.4 Å². The Morgan fingerprint density at radius 3 is 1.67 bits per heavy atom. The SMILES string of the molecule is OC[C@@H](O)[C@@H](O[C@H]1O[C@H](CO)[C@@H](O[C@H]2O[C@H](CO)[C@@H](O[C@H]3O[C@H](CO)[C@@H](O)[C@H](O)[C@H]3O)[C@@H](Sc3ccccc3)[C@@H]2O)[C@H](O)[C@H]1O)[C@H](O)[C@@H](O)CO. The van der Waals surface area contributed by atoms with E-state index < -0.39 is 149 Å². The predicted molar refractivity (Wildman–Crippen MR) is 166 cm³/mol. The Morgan fingerprint density at radius 1 is 0.569 bits per heavy atom. The Bertz CT molecular complexity index is 1160.